The van der Waals surface area contributed by atoms with Crippen LogP contribution in [-0.4, -0.2) is 58.4 Å². The highest BCUT2D eigenvalue weighted by Crippen LogP contribution is 2.64. The lowest BCUT2D eigenvalue weighted by atomic mass is 10.0. The number of fused-ring (bicyclic) bond motifs is 1. The zero-order valence-corrected chi connectivity index (χ0v) is 19.0. The van der Waals surface area contributed by atoms with E-state index >= 15 is 0 Å². The van der Waals surface area contributed by atoms with Crippen LogP contribution in [-0.2, 0) is 4.74 Å². The third kappa shape index (κ3) is 4.30. The normalized spacial score (nSPS) is 29.6. The molecule has 0 aromatic carbocycles. The number of likely N-dealkylation sites (tertiary alicyclic amines) is 1. The van der Waals surface area contributed by atoms with Gasteiger partial charge in [0.05, 0.1) is 11.8 Å². The van der Waals surface area contributed by atoms with Crippen LogP contribution in [0.4, 0.5) is 19.0 Å². The number of nitrogens with two attached hydrogens (primary N) is 1. The summed E-state index contributed by atoms with van der Waals surface area (Å²) in [7, 11) is 1.79. The number of hydrogen-bond donors (Lipinski definition) is 1. The van der Waals surface area contributed by atoms with Gasteiger partial charge in [-0.25, -0.2) is 4.98 Å². The van der Waals surface area contributed by atoms with E-state index in [0.29, 0.717) is 41.2 Å². The van der Waals surface area contributed by atoms with Gasteiger partial charge in [-0.2, -0.15) is 5.10 Å². The van der Waals surface area contributed by atoms with Crippen LogP contribution < -0.4 is 10.5 Å². The molecule has 5 rings (SSSR count). The second kappa shape index (κ2) is 8.16. The zero-order chi connectivity index (χ0) is 23.5. The minimum atomic E-state index is -4.84. The molecular formula is C23H30F3N5O2. The Balaban J connectivity index is 1.34. The topological polar surface area (TPSA) is 78.4 Å². The molecule has 0 radical (unpaired) electrons. The maximum atomic E-state index is 12.7. The molecule has 0 amide bonds. The quantitative estimate of drug-likeness (QED) is 0.688. The Hall–Kier alpha value is -2.33. The fourth-order valence-corrected chi connectivity index (χ4v) is 5.84. The van der Waals surface area contributed by atoms with Gasteiger partial charge in [-0.15, -0.1) is 13.2 Å². The van der Waals surface area contributed by atoms with Gasteiger partial charge in [-0.05, 0) is 57.1 Å². The van der Waals surface area contributed by atoms with Gasteiger partial charge in [0.1, 0.15) is 0 Å². The van der Waals surface area contributed by atoms with Gasteiger partial charge in [-0.3, -0.25) is 9.58 Å². The predicted molar refractivity (Wildman–Crippen MR) is 117 cm³/mol. The van der Waals surface area contributed by atoms with Gasteiger partial charge in [-0.1, -0.05) is 0 Å². The van der Waals surface area contributed by atoms with Crippen molar-refractivity contribution in [3.05, 3.63) is 24.0 Å². The van der Waals surface area contributed by atoms with Gasteiger partial charge in [0, 0.05) is 55.7 Å². The van der Waals surface area contributed by atoms with E-state index in [2.05, 4.69) is 28.5 Å². The first-order valence-electron chi connectivity index (χ1n) is 11.5. The van der Waals surface area contributed by atoms with Crippen LogP contribution in [0, 0.1) is 11.8 Å². The summed E-state index contributed by atoms with van der Waals surface area (Å²) in [6.45, 7) is 6.26. The van der Waals surface area contributed by atoms with E-state index in [1.54, 1.807) is 7.11 Å². The van der Waals surface area contributed by atoms with Crippen molar-refractivity contribution in [1.29, 1.82) is 0 Å². The molecule has 180 valence electrons. The molecule has 0 bridgehead atoms. The Bertz CT molecular complexity index is 1010. The first kappa shape index (κ1) is 22.5. The number of nitrogens with zero attached hydrogens (tertiary/aromatic N) is 4. The highest BCUT2D eigenvalue weighted by atomic mass is 19.4. The number of aromatic nitrogens is 3. The number of nitrogen functional groups attached to an aromatic ring is 1. The molecular weight excluding hydrogens is 435 g/mol. The van der Waals surface area contributed by atoms with Crippen molar-refractivity contribution in [2.24, 2.45) is 11.8 Å². The van der Waals surface area contributed by atoms with Crippen molar-refractivity contribution in [2.75, 3.05) is 25.9 Å². The van der Waals surface area contributed by atoms with Crippen LogP contribution in [0.2, 0.25) is 0 Å². The summed E-state index contributed by atoms with van der Waals surface area (Å²) >= 11 is 0. The highest BCUT2D eigenvalue weighted by molar-refractivity contribution is 5.64. The monoisotopic (exact) mass is 465 g/mol. The molecule has 3 aliphatic rings. The second-order valence-corrected chi connectivity index (χ2v) is 9.77. The minimum absolute atomic E-state index is 0.138. The van der Waals surface area contributed by atoms with Gasteiger partial charge >= 0.3 is 6.36 Å². The van der Waals surface area contributed by atoms with Crippen molar-refractivity contribution < 1.29 is 22.6 Å². The molecule has 2 aromatic rings. The molecule has 0 spiro atoms. The third-order valence-corrected chi connectivity index (χ3v) is 7.44. The molecule has 3 fully saturated rings. The molecule has 2 unspecified atom stereocenters. The number of pyridine rings is 1. The molecule has 2 aromatic heterocycles. The Morgan fingerprint density at radius 1 is 1.18 bits per heavy atom. The SMILES string of the molecule is CO[C@H]1CCN(C2C[C@@H]3C(c4cc(-c5cnc(N)c(OC(F)(F)F)c5)nn4C(C)C)[C@@H]3C2)C1. The zero-order valence-electron chi connectivity index (χ0n) is 19.0. The molecule has 10 heteroatoms. The summed E-state index contributed by atoms with van der Waals surface area (Å²) in [5.41, 5.74) is 7.78. The third-order valence-electron chi connectivity index (χ3n) is 7.44. The van der Waals surface area contributed by atoms with Crippen molar-refractivity contribution >= 4 is 5.82 Å². The average Bonchev–Trinajstić information content (AvgIpc) is 3.23. The molecule has 2 aliphatic carbocycles. The van der Waals surface area contributed by atoms with Crippen molar-refractivity contribution in [3.8, 4) is 17.0 Å². The smallest absolute Gasteiger partial charge is 0.402 e. The summed E-state index contributed by atoms with van der Waals surface area (Å²) in [5, 5.41) is 4.73. The lowest BCUT2D eigenvalue weighted by Gasteiger charge is -2.26. The van der Waals surface area contributed by atoms with Gasteiger partial charge in [0.15, 0.2) is 11.6 Å². The lowest BCUT2D eigenvalue weighted by molar-refractivity contribution is -0.274. The predicted octanol–water partition coefficient (Wildman–Crippen LogP) is 4.22. The van der Waals surface area contributed by atoms with Crippen LogP contribution >= 0.6 is 0 Å². The van der Waals surface area contributed by atoms with Gasteiger partial charge < -0.3 is 15.2 Å². The molecule has 2 N–H and O–H groups in total. The summed E-state index contributed by atoms with van der Waals surface area (Å²) < 4.78 is 49.7. The molecule has 1 saturated heterocycles. The van der Waals surface area contributed by atoms with E-state index in [0.717, 1.165) is 25.2 Å². The average molecular weight is 466 g/mol. The highest BCUT2D eigenvalue weighted by Gasteiger charge is 2.59. The van der Waals surface area contributed by atoms with Crippen LogP contribution in [0.25, 0.3) is 11.3 Å². The summed E-state index contributed by atoms with van der Waals surface area (Å²) in [6.07, 6.45) is 0.415. The number of ether oxygens (including phenoxy) is 2. The number of alkyl halides is 3. The number of anilines is 1. The molecule has 1 aliphatic heterocycles. The number of halogens is 3. The van der Waals surface area contributed by atoms with E-state index in [9.17, 15) is 13.2 Å². The fraction of sp³-hybridized carbons (Fsp3) is 0.652. The standard InChI is InChI=1S/C23H30F3N5O2/c1-12(2)31-19(21-16-7-14(8-17(16)21)30-5-4-15(11-30)32-3)9-18(29-31)13-6-20(22(27)28-10-13)33-23(24,25)26/h6,9-10,12,14-17,21H,4-5,7-8,11H2,1-3H3,(H2,27,28)/t14?,15-,16-,17+,21?/m0/s1. The van der Waals surface area contributed by atoms with Gasteiger partial charge in [0.25, 0.3) is 0 Å². The maximum absolute atomic E-state index is 12.7. The number of methoxy groups -OCH3 is 1. The summed E-state index contributed by atoms with van der Waals surface area (Å²) in [6, 6.07) is 4.02. The Labute approximate surface area is 191 Å². The first-order chi connectivity index (χ1) is 15.6. The van der Waals surface area contributed by atoms with Crippen LogP contribution in [0.1, 0.15) is 50.8 Å². The molecule has 7 nitrogen and oxygen atoms in total. The van der Waals surface area contributed by atoms with Crippen LogP contribution in [0.3, 0.4) is 0 Å². The fourth-order valence-electron chi connectivity index (χ4n) is 5.84. The minimum Gasteiger partial charge on any atom is -0.402 e. The largest absolute Gasteiger partial charge is 0.573 e. The molecule has 3 heterocycles. The van der Waals surface area contributed by atoms with Crippen molar-refractivity contribution in [2.45, 2.75) is 63.6 Å². The maximum Gasteiger partial charge on any atom is 0.573 e. The number of rotatable bonds is 6. The van der Waals surface area contributed by atoms with E-state index in [-0.39, 0.29) is 11.9 Å². The van der Waals surface area contributed by atoms with Crippen LogP contribution in [0.5, 0.6) is 5.75 Å². The Morgan fingerprint density at radius 3 is 2.52 bits per heavy atom. The van der Waals surface area contributed by atoms with E-state index in [1.807, 2.05) is 10.7 Å². The summed E-state index contributed by atoms with van der Waals surface area (Å²) in [4.78, 5) is 6.47. The van der Waals surface area contributed by atoms with Crippen molar-refractivity contribution in [1.82, 2.24) is 19.7 Å². The second-order valence-electron chi connectivity index (χ2n) is 9.77. The Kier molecular flexibility index (Phi) is 5.55. The molecule has 33 heavy (non-hydrogen) atoms. The van der Waals surface area contributed by atoms with Gasteiger partial charge in [0.2, 0.25) is 0 Å². The molecule has 2 saturated carbocycles. The van der Waals surface area contributed by atoms with E-state index in [1.165, 1.54) is 25.1 Å². The summed E-state index contributed by atoms with van der Waals surface area (Å²) in [5.74, 6) is 0.893. The van der Waals surface area contributed by atoms with E-state index < -0.39 is 12.1 Å². The Morgan fingerprint density at radius 2 is 1.91 bits per heavy atom. The van der Waals surface area contributed by atoms with Crippen molar-refractivity contribution in [3.63, 3.8) is 0 Å². The first-order valence-corrected chi connectivity index (χ1v) is 11.5. The molecule has 5 atom stereocenters. The number of hydrogen-bond acceptors (Lipinski definition) is 6. The van der Waals surface area contributed by atoms with Crippen LogP contribution in [0.15, 0.2) is 18.3 Å². The van der Waals surface area contributed by atoms with E-state index in [4.69, 9.17) is 15.6 Å². The lowest BCUT2D eigenvalue weighted by Crippen LogP contribution is -2.33.